The zero-order valence-corrected chi connectivity index (χ0v) is 13.9. The van der Waals surface area contributed by atoms with Crippen molar-refractivity contribution in [2.24, 2.45) is 0 Å². The molecule has 1 amide bonds. The summed E-state index contributed by atoms with van der Waals surface area (Å²) < 4.78 is 3.03. The molecule has 1 aliphatic rings. The maximum Gasteiger partial charge on any atom is 0.270 e. The van der Waals surface area contributed by atoms with Gasteiger partial charge in [0.2, 0.25) is 0 Å². The Kier molecular flexibility index (Phi) is 5.66. The Morgan fingerprint density at radius 2 is 2.30 bits per heavy atom. The molecule has 2 heterocycles. The highest BCUT2D eigenvalue weighted by Crippen LogP contribution is 2.20. The largest absolute Gasteiger partial charge is 0.342 e. The van der Waals surface area contributed by atoms with Crippen LogP contribution >= 0.6 is 15.9 Å². The number of aromatic nitrogens is 1. The van der Waals surface area contributed by atoms with Gasteiger partial charge in [-0.05, 0) is 60.8 Å². The van der Waals surface area contributed by atoms with Crippen LogP contribution in [0.2, 0.25) is 0 Å². The number of nitrogens with one attached hydrogen (secondary N) is 1. The minimum atomic E-state index is 0.135. The third-order valence-electron chi connectivity index (χ3n) is 3.96. The molecule has 1 saturated heterocycles. The van der Waals surface area contributed by atoms with Crippen molar-refractivity contribution in [1.29, 1.82) is 0 Å². The second kappa shape index (κ2) is 7.27. The number of carbonyl (C=O) groups is 1. The van der Waals surface area contributed by atoms with Crippen LogP contribution in [0.25, 0.3) is 0 Å². The Balaban J connectivity index is 2.12. The van der Waals surface area contributed by atoms with Crippen molar-refractivity contribution >= 4 is 21.8 Å². The van der Waals surface area contributed by atoms with Gasteiger partial charge in [0.05, 0.1) is 0 Å². The second-order valence-corrected chi connectivity index (χ2v) is 6.40. The van der Waals surface area contributed by atoms with Gasteiger partial charge in [-0.3, -0.25) is 4.79 Å². The quantitative estimate of drug-likeness (QED) is 0.914. The van der Waals surface area contributed by atoms with Crippen LogP contribution in [0.5, 0.6) is 0 Å². The minimum Gasteiger partial charge on any atom is -0.342 e. The van der Waals surface area contributed by atoms with Gasteiger partial charge in [0.15, 0.2) is 0 Å². The van der Waals surface area contributed by atoms with Gasteiger partial charge in [-0.15, -0.1) is 0 Å². The summed E-state index contributed by atoms with van der Waals surface area (Å²) >= 11 is 3.48. The van der Waals surface area contributed by atoms with Crippen molar-refractivity contribution in [2.75, 3.05) is 20.1 Å². The van der Waals surface area contributed by atoms with Crippen molar-refractivity contribution in [3.05, 3.63) is 22.4 Å². The van der Waals surface area contributed by atoms with Crippen molar-refractivity contribution in [1.82, 2.24) is 14.8 Å². The standard InChI is InChI=1S/C15H24BrN3O/c1-3-9-19-11-12(16)10-14(19)15(20)18(2)13-5-4-7-17-8-6-13/h10-11,13,17H,3-9H2,1-2H3. The predicted octanol–water partition coefficient (Wildman–Crippen LogP) is 2.87. The number of halogens is 1. The molecule has 20 heavy (non-hydrogen) atoms. The van der Waals surface area contributed by atoms with Gasteiger partial charge in [0.25, 0.3) is 5.91 Å². The molecule has 1 aliphatic heterocycles. The molecule has 5 heteroatoms. The molecule has 0 radical (unpaired) electrons. The Hall–Kier alpha value is -0.810. The fraction of sp³-hybridized carbons (Fsp3) is 0.667. The van der Waals surface area contributed by atoms with E-state index in [4.69, 9.17) is 0 Å². The molecule has 1 unspecified atom stereocenters. The summed E-state index contributed by atoms with van der Waals surface area (Å²) in [5, 5.41) is 3.40. The first-order valence-electron chi connectivity index (χ1n) is 7.47. The molecule has 1 fully saturated rings. The molecule has 0 aliphatic carbocycles. The molecular weight excluding hydrogens is 318 g/mol. The third kappa shape index (κ3) is 3.64. The van der Waals surface area contributed by atoms with E-state index in [-0.39, 0.29) is 5.91 Å². The van der Waals surface area contributed by atoms with Gasteiger partial charge in [-0.25, -0.2) is 0 Å². The number of carbonyl (C=O) groups excluding carboxylic acids is 1. The van der Waals surface area contributed by atoms with Crippen LogP contribution in [0, 0.1) is 0 Å². The number of aryl methyl sites for hydroxylation is 1. The molecular formula is C15H24BrN3O. The molecule has 2 rings (SSSR count). The zero-order valence-electron chi connectivity index (χ0n) is 12.4. The molecule has 1 atom stereocenters. The first kappa shape index (κ1) is 15.6. The lowest BCUT2D eigenvalue weighted by molar-refractivity contribution is 0.0709. The summed E-state index contributed by atoms with van der Waals surface area (Å²) in [6.45, 7) is 5.08. The smallest absolute Gasteiger partial charge is 0.270 e. The maximum atomic E-state index is 12.7. The lowest BCUT2D eigenvalue weighted by Crippen LogP contribution is -2.38. The average molecular weight is 342 g/mol. The van der Waals surface area contributed by atoms with Gasteiger partial charge in [0, 0.05) is 30.3 Å². The van der Waals surface area contributed by atoms with E-state index in [9.17, 15) is 4.79 Å². The van der Waals surface area contributed by atoms with E-state index in [1.165, 1.54) is 0 Å². The first-order valence-corrected chi connectivity index (χ1v) is 8.26. The van der Waals surface area contributed by atoms with E-state index in [1.807, 2.05) is 24.2 Å². The highest BCUT2D eigenvalue weighted by atomic mass is 79.9. The average Bonchev–Trinajstić information content (AvgIpc) is 2.66. The predicted molar refractivity (Wildman–Crippen MR) is 85.0 cm³/mol. The van der Waals surface area contributed by atoms with Crippen molar-refractivity contribution in [2.45, 2.75) is 45.2 Å². The summed E-state index contributed by atoms with van der Waals surface area (Å²) in [7, 11) is 1.94. The Morgan fingerprint density at radius 3 is 3.05 bits per heavy atom. The maximum absolute atomic E-state index is 12.7. The van der Waals surface area contributed by atoms with Crippen LogP contribution in [0.1, 0.15) is 43.1 Å². The Morgan fingerprint density at radius 1 is 1.50 bits per heavy atom. The molecule has 4 nitrogen and oxygen atoms in total. The monoisotopic (exact) mass is 341 g/mol. The fourth-order valence-electron chi connectivity index (χ4n) is 2.81. The van der Waals surface area contributed by atoms with Gasteiger partial charge >= 0.3 is 0 Å². The van der Waals surface area contributed by atoms with Crippen LogP contribution in [0.4, 0.5) is 0 Å². The number of hydrogen-bond acceptors (Lipinski definition) is 2. The van der Waals surface area contributed by atoms with E-state index in [0.717, 1.165) is 55.5 Å². The number of amides is 1. The second-order valence-electron chi connectivity index (χ2n) is 5.49. The Labute approximate surface area is 129 Å². The molecule has 1 aromatic rings. The molecule has 0 aromatic carbocycles. The van der Waals surface area contributed by atoms with Gasteiger partial charge in [0.1, 0.15) is 5.69 Å². The number of nitrogens with zero attached hydrogens (tertiary/aromatic N) is 2. The van der Waals surface area contributed by atoms with E-state index < -0.39 is 0 Å². The summed E-state index contributed by atoms with van der Waals surface area (Å²) in [5.41, 5.74) is 0.790. The molecule has 1 aromatic heterocycles. The van der Waals surface area contributed by atoms with Gasteiger partial charge < -0.3 is 14.8 Å². The van der Waals surface area contributed by atoms with Crippen LogP contribution in [0.15, 0.2) is 16.7 Å². The van der Waals surface area contributed by atoms with Crippen molar-refractivity contribution in [3.8, 4) is 0 Å². The molecule has 0 bridgehead atoms. The normalized spacial score (nSPS) is 19.6. The van der Waals surface area contributed by atoms with E-state index in [0.29, 0.717) is 6.04 Å². The Bertz CT molecular complexity index is 450. The van der Waals surface area contributed by atoms with E-state index >= 15 is 0 Å². The van der Waals surface area contributed by atoms with Crippen LogP contribution in [-0.4, -0.2) is 41.6 Å². The molecule has 0 saturated carbocycles. The zero-order chi connectivity index (χ0) is 14.5. The summed E-state index contributed by atoms with van der Waals surface area (Å²) in [5.74, 6) is 0.135. The van der Waals surface area contributed by atoms with E-state index in [1.54, 1.807) is 0 Å². The highest BCUT2D eigenvalue weighted by Gasteiger charge is 2.24. The fourth-order valence-corrected chi connectivity index (χ4v) is 3.28. The molecule has 1 N–H and O–H groups in total. The first-order chi connectivity index (χ1) is 9.63. The minimum absolute atomic E-state index is 0.135. The number of rotatable bonds is 4. The van der Waals surface area contributed by atoms with Crippen LogP contribution < -0.4 is 5.32 Å². The van der Waals surface area contributed by atoms with Crippen LogP contribution in [0.3, 0.4) is 0 Å². The summed E-state index contributed by atoms with van der Waals surface area (Å²) in [6.07, 6.45) is 6.29. The topological polar surface area (TPSA) is 37.3 Å². The van der Waals surface area contributed by atoms with Crippen LogP contribution in [-0.2, 0) is 6.54 Å². The van der Waals surface area contributed by atoms with E-state index in [2.05, 4.69) is 32.7 Å². The summed E-state index contributed by atoms with van der Waals surface area (Å²) in [4.78, 5) is 14.7. The lowest BCUT2D eigenvalue weighted by atomic mass is 10.1. The van der Waals surface area contributed by atoms with Crippen molar-refractivity contribution < 1.29 is 4.79 Å². The van der Waals surface area contributed by atoms with Gasteiger partial charge in [-0.2, -0.15) is 0 Å². The summed E-state index contributed by atoms with van der Waals surface area (Å²) in [6, 6.07) is 2.28. The van der Waals surface area contributed by atoms with Gasteiger partial charge in [-0.1, -0.05) is 6.92 Å². The molecule has 112 valence electrons. The lowest BCUT2D eigenvalue weighted by Gasteiger charge is -2.27. The highest BCUT2D eigenvalue weighted by molar-refractivity contribution is 9.10. The third-order valence-corrected chi connectivity index (χ3v) is 4.39. The number of hydrogen-bond donors (Lipinski definition) is 1. The SMILES string of the molecule is CCCn1cc(Br)cc1C(=O)N(C)C1CCCNCC1. The molecule has 0 spiro atoms. The van der Waals surface area contributed by atoms with Crippen molar-refractivity contribution in [3.63, 3.8) is 0 Å².